The van der Waals surface area contributed by atoms with E-state index in [0.29, 0.717) is 24.7 Å². The van der Waals surface area contributed by atoms with Gasteiger partial charge >= 0.3 is 5.97 Å². The average molecular weight is 332 g/mol. The van der Waals surface area contributed by atoms with E-state index in [1.807, 2.05) is 12.1 Å². The molecule has 0 fully saturated rings. The predicted octanol–water partition coefficient (Wildman–Crippen LogP) is 1.90. The van der Waals surface area contributed by atoms with Gasteiger partial charge in [0.2, 0.25) is 0 Å². The number of carbonyl (C=O) groups is 1. The van der Waals surface area contributed by atoms with Crippen molar-refractivity contribution < 1.29 is 19.0 Å². The maximum atomic E-state index is 11.3. The summed E-state index contributed by atoms with van der Waals surface area (Å²) >= 11 is 3.40. The molecule has 0 aliphatic rings. The summed E-state index contributed by atoms with van der Waals surface area (Å²) in [5, 5.41) is 0. The first kappa shape index (κ1) is 15.8. The van der Waals surface area contributed by atoms with Crippen LogP contribution in [0.3, 0.4) is 0 Å². The molecule has 0 saturated carbocycles. The molecule has 0 aromatic heterocycles. The number of esters is 1. The van der Waals surface area contributed by atoms with Gasteiger partial charge in [0.05, 0.1) is 18.2 Å². The Hall–Kier alpha value is -1.27. The summed E-state index contributed by atoms with van der Waals surface area (Å²) in [6.45, 7) is 2.48. The fraction of sp³-hybridized carbons (Fsp3) is 0.462. The Morgan fingerprint density at radius 1 is 1.42 bits per heavy atom. The molecule has 0 atom stereocenters. The topological polar surface area (TPSA) is 70.8 Å². The first-order valence-corrected chi connectivity index (χ1v) is 6.76. The quantitative estimate of drug-likeness (QED) is 0.772. The zero-order chi connectivity index (χ0) is 14.3. The van der Waals surface area contributed by atoms with Crippen molar-refractivity contribution >= 4 is 21.9 Å². The van der Waals surface area contributed by atoms with Crippen LogP contribution in [0.15, 0.2) is 16.6 Å². The number of rotatable bonds is 7. The maximum absolute atomic E-state index is 11.3. The molecule has 6 heteroatoms. The van der Waals surface area contributed by atoms with Crippen LogP contribution in [0.2, 0.25) is 0 Å². The van der Waals surface area contributed by atoms with Crippen LogP contribution in [-0.2, 0) is 16.0 Å². The van der Waals surface area contributed by atoms with Gasteiger partial charge < -0.3 is 19.9 Å². The smallest absolute Gasteiger partial charge is 0.344 e. The molecule has 1 rings (SSSR count). The van der Waals surface area contributed by atoms with Gasteiger partial charge in [0, 0.05) is 0 Å². The van der Waals surface area contributed by atoms with Crippen molar-refractivity contribution in [1.29, 1.82) is 0 Å². The van der Waals surface area contributed by atoms with Crippen LogP contribution < -0.4 is 15.2 Å². The zero-order valence-corrected chi connectivity index (χ0v) is 12.7. The number of methoxy groups -OCH3 is 1. The standard InChI is InChI=1S/C13H18BrNO4/c1-3-18-12(16)8-19-13-10(14)6-9(4-5-15)7-11(13)17-2/h6-7H,3-5,8,15H2,1-2H3. The summed E-state index contributed by atoms with van der Waals surface area (Å²) in [6.07, 6.45) is 0.743. The van der Waals surface area contributed by atoms with Crippen molar-refractivity contribution in [2.75, 3.05) is 26.9 Å². The average Bonchev–Trinajstić information content (AvgIpc) is 2.37. The number of hydrogen-bond acceptors (Lipinski definition) is 5. The molecular weight excluding hydrogens is 314 g/mol. The van der Waals surface area contributed by atoms with Crippen LogP contribution in [0.5, 0.6) is 11.5 Å². The molecule has 0 aliphatic heterocycles. The molecule has 0 saturated heterocycles. The van der Waals surface area contributed by atoms with Gasteiger partial charge in [-0.1, -0.05) is 0 Å². The fourth-order valence-electron chi connectivity index (χ4n) is 1.56. The van der Waals surface area contributed by atoms with Crippen LogP contribution in [0, 0.1) is 0 Å². The molecule has 19 heavy (non-hydrogen) atoms. The molecular formula is C13H18BrNO4. The number of hydrogen-bond donors (Lipinski definition) is 1. The molecule has 1 aromatic rings. The van der Waals surface area contributed by atoms with E-state index in [9.17, 15) is 4.79 Å². The number of benzene rings is 1. The minimum atomic E-state index is -0.414. The summed E-state index contributed by atoms with van der Waals surface area (Å²) in [5.41, 5.74) is 6.56. The third-order valence-corrected chi connectivity index (χ3v) is 2.95. The van der Waals surface area contributed by atoms with Gasteiger partial charge in [-0.2, -0.15) is 0 Å². The van der Waals surface area contributed by atoms with Crippen LogP contribution in [-0.4, -0.2) is 32.8 Å². The summed E-state index contributed by atoms with van der Waals surface area (Å²) in [6, 6.07) is 3.74. The van der Waals surface area contributed by atoms with E-state index in [1.54, 1.807) is 14.0 Å². The lowest BCUT2D eigenvalue weighted by atomic mass is 10.1. The molecule has 0 bridgehead atoms. The highest BCUT2D eigenvalue weighted by molar-refractivity contribution is 9.10. The van der Waals surface area contributed by atoms with Gasteiger partial charge in [0.1, 0.15) is 0 Å². The van der Waals surface area contributed by atoms with Crippen molar-refractivity contribution in [1.82, 2.24) is 0 Å². The summed E-state index contributed by atoms with van der Waals surface area (Å²) in [7, 11) is 1.55. The van der Waals surface area contributed by atoms with Crippen LogP contribution >= 0.6 is 15.9 Å². The second-order valence-electron chi connectivity index (χ2n) is 3.74. The highest BCUT2D eigenvalue weighted by Crippen LogP contribution is 2.36. The van der Waals surface area contributed by atoms with E-state index >= 15 is 0 Å². The van der Waals surface area contributed by atoms with E-state index in [-0.39, 0.29) is 6.61 Å². The maximum Gasteiger partial charge on any atom is 0.344 e. The third-order valence-electron chi connectivity index (χ3n) is 2.36. The van der Waals surface area contributed by atoms with Gasteiger partial charge in [-0.15, -0.1) is 0 Å². The number of carbonyl (C=O) groups excluding carboxylic acids is 1. The molecule has 0 spiro atoms. The molecule has 106 valence electrons. The van der Waals surface area contributed by atoms with E-state index in [1.165, 1.54) is 0 Å². The lowest BCUT2D eigenvalue weighted by Crippen LogP contribution is -2.15. The van der Waals surface area contributed by atoms with E-state index < -0.39 is 5.97 Å². The summed E-state index contributed by atoms with van der Waals surface area (Å²) < 4.78 is 16.2. The Balaban J connectivity index is 2.84. The van der Waals surface area contributed by atoms with E-state index in [2.05, 4.69) is 15.9 Å². The lowest BCUT2D eigenvalue weighted by molar-refractivity contribution is -0.145. The molecule has 0 aliphatic carbocycles. The molecule has 2 N–H and O–H groups in total. The van der Waals surface area contributed by atoms with Crippen LogP contribution in [0.25, 0.3) is 0 Å². The number of nitrogens with two attached hydrogens (primary N) is 1. The Morgan fingerprint density at radius 3 is 2.74 bits per heavy atom. The summed E-state index contributed by atoms with van der Waals surface area (Å²) in [5.74, 6) is 0.626. The molecule has 5 nitrogen and oxygen atoms in total. The van der Waals surface area contributed by atoms with Crippen molar-refractivity contribution in [3.63, 3.8) is 0 Å². The normalized spacial score (nSPS) is 10.1. The second kappa shape index (κ2) is 8.01. The molecule has 0 radical (unpaired) electrons. The van der Waals surface area contributed by atoms with Gasteiger partial charge in [-0.3, -0.25) is 0 Å². The van der Waals surface area contributed by atoms with Crippen molar-refractivity contribution in [2.45, 2.75) is 13.3 Å². The summed E-state index contributed by atoms with van der Waals surface area (Å²) in [4.78, 5) is 11.3. The molecule has 0 unspecified atom stereocenters. The van der Waals surface area contributed by atoms with Gasteiger partial charge in [0.15, 0.2) is 18.1 Å². The molecule has 0 amide bonds. The van der Waals surface area contributed by atoms with E-state index in [4.69, 9.17) is 19.9 Å². The van der Waals surface area contributed by atoms with Crippen molar-refractivity contribution in [2.24, 2.45) is 5.73 Å². The Morgan fingerprint density at radius 2 is 2.16 bits per heavy atom. The molecule has 1 aromatic carbocycles. The Labute approximate surface area is 121 Å². The van der Waals surface area contributed by atoms with E-state index in [0.717, 1.165) is 16.5 Å². The monoisotopic (exact) mass is 331 g/mol. The van der Waals surface area contributed by atoms with Crippen LogP contribution in [0.4, 0.5) is 0 Å². The van der Waals surface area contributed by atoms with Gasteiger partial charge in [0.25, 0.3) is 0 Å². The van der Waals surface area contributed by atoms with Gasteiger partial charge in [-0.25, -0.2) is 4.79 Å². The lowest BCUT2D eigenvalue weighted by Gasteiger charge is -2.13. The minimum Gasteiger partial charge on any atom is -0.493 e. The highest BCUT2D eigenvalue weighted by Gasteiger charge is 2.13. The SMILES string of the molecule is CCOC(=O)COc1c(Br)cc(CCN)cc1OC. The minimum absolute atomic E-state index is 0.154. The number of ether oxygens (including phenoxy) is 3. The van der Waals surface area contributed by atoms with Gasteiger partial charge in [-0.05, 0) is 53.5 Å². The fourth-order valence-corrected chi connectivity index (χ4v) is 2.16. The largest absolute Gasteiger partial charge is 0.493 e. The number of halogens is 1. The first-order chi connectivity index (χ1) is 9.12. The Kier molecular flexibility index (Phi) is 6.66. The zero-order valence-electron chi connectivity index (χ0n) is 11.1. The third kappa shape index (κ3) is 4.72. The van der Waals surface area contributed by atoms with Crippen LogP contribution in [0.1, 0.15) is 12.5 Å². The highest BCUT2D eigenvalue weighted by atomic mass is 79.9. The Bertz CT molecular complexity index is 437. The second-order valence-corrected chi connectivity index (χ2v) is 4.60. The predicted molar refractivity (Wildman–Crippen MR) is 75.6 cm³/mol. The first-order valence-electron chi connectivity index (χ1n) is 5.97. The van der Waals surface area contributed by atoms with Crippen molar-refractivity contribution in [3.8, 4) is 11.5 Å². The van der Waals surface area contributed by atoms with Crippen molar-refractivity contribution in [3.05, 3.63) is 22.2 Å². The molecule has 0 heterocycles.